The molecule has 1 fully saturated rings. The highest BCUT2D eigenvalue weighted by Gasteiger charge is 2.30. The summed E-state index contributed by atoms with van der Waals surface area (Å²) in [6.07, 6.45) is -1.93. The third kappa shape index (κ3) is 6.61. The van der Waals surface area contributed by atoms with Gasteiger partial charge in [-0.05, 0) is 62.2 Å². The van der Waals surface area contributed by atoms with Crippen molar-refractivity contribution in [3.05, 3.63) is 48.0 Å². The number of hydrogen-bond donors (Lipinski definition) is 1. The van der Waals surface area contributed by atoms with E-state index >= 15 is 0 Å². The topological polar surface area (TPSA) is 84.9 Å². The number of anilines is 1. The number of carbonyl (C=O) groups excluding carboxylic acids is 1. The van der Waals surface area contributed by atoms with Gasteiger partial charge in [-0.2, -0.15) is 17.5 Å². The van der Waals surface area contributed by atoms with Crippen molar-refractivity contribution in [1.82, 2.24) is 4.31 Å². The smallest absolute Gasteiger partial charge is 0.422 e. The molecule has 3 rings (SSSR count). The first kappa shape index (κ1) is 24.8. The molecule has 1 aliphatic rings. The zero-order valence-electron chi connectivity index (χ0n) is 18.0. The normalized spacial score (nSPS) is 15.2. The maximum Gasteiger partial charge on any atom is 0.422 e. The van der Waals surface area contributed by atoms with Crippen LogP contribution in [0.2, 0.25) is 0 Å². The Morgan fingerprint density at radius 1 is 1.03 bits per heavy atom. The molecular weight excluding hydrogens is 461 g/mol. The summed E-state index contributed by atoms with van der Waals surface area (Å²) in [5.74, 6) is -0.380. The van der Waals surface area contributed by atoms with Crippen molar-refractivity contribution in [1.29, 1.82) is 0 Å². The minimum absolute atomic E-state index is 0.0278. The number of carbonyl (C=O) groups is 1. The molecule has 0 atom stereocenters. The first-order valence-corrected chi connectivity index (χ1v) is 11.9. The highest BCUT2D eigenvalue weighted by Crippen LogP contribution is 2.31. The lowest BCUT2D eigenvalue weighted by molar-refractivity contribution is -0.153. The van der Waals surface area contributed by atoms with Crippen molar-refractivity contribution in [2.45, 2.75) is 37.3 Å². The summed E-state index contributed by atoms with van der Waals surface area (Å²) in [6, 6.07) is 9.52. The van der Waals surface area contributed by atoms with Gasteiger partial charge in [0.15, 0.2) is 6.61 Å². The molecule has 1 aliphatic heterocycles. The van der Waals surface area contributed by atoms with Gasteiger partial charge in [0.25, 0.3) is 5.91 Å². The molecule has 0 radical (unpaired) electrons. The Labute approximate surface area is 190 Å². The molecule has 0 saturated carbocycles. The second-order valence-electron chi connectivity index (χ2n) is 7.44. The van der Waals surface area contributed by atoms with E-state index in [1.165, 1.54) is 46.8 Å². The zero-order valence-corrected chi connectivity index (χ0v) is 18.8. The van der Waals surface area contributed by atoms with Gasteiger partial charge in [0.05, 0.1) is 6.61 Å². The Balaban J connectivity index is 1.78. The summed E-state index contributed by atoms with van der Waals surface area (Å²) in [6.45, 7) is 1.44. The van der Waals surface area contributed by atoms with E-state index in [-0.39, 0.29) is 34.3 Å². The Morgan fingerprint density at radius 2 is 1.70 bits per heavy atom. The van der Waals surface area contributed by atoms with E-state index in [0.29, 0.717) is 13.1 Å². The molecule has 0 spiro atoms. The summed E-state index contributed by atoms with van der Waals surface area (Å²) in [5.41, 5.74) is 0.417. The molecule has 1 amide bonds. The van der Waals surface area contributed by atoms with Crippen LogP contribution in [0.25, 0.3) is 0 Å². The average Bonchev–Trinajstić information content (AvgIpc) is 2.79. The summed E-state index contributed by atoms with van der Waals surface area (Å²) < 4.78 is 74.7. The molecule has 1 heterocycles. The quantitative estimate of drug-likeness (QED) is 0.596. The van der Waals surface area contributed by atoms with Crippen LogP contribution in [0.3, 0.4) is 0 Å². The molecule has 33 heavy (non-hydrogen) atoms. The monoisotopic (exact) mass is 486 g/mol. The Morgan fingerprint density at radius 3 is 2.30 bits per heavy atom. The molecule has 0 aliphatic carbocycles. The van der Waals surface area contributed by atoms with Crippen molar-refractivity contribution in [2.24, 2.45) is 0 Å². The maximum atomic E-state index is 13.2. The lowest BCUT2D eigenvalue weighted by Gasteiger charge is -2.27. The minimum atomic E-state index is -4.46. The number of nitrogens with zero attached hydrogens (tertiary/aromatic N) is 1. The van der Waals surface area contributed by atoms with Crippen LogP contribution < -0.4 is 14.8 Å². The number of hydrogen-bond acceptors (Lipinski definition) is 5. The van der Waals surface area contributed by atoms with E-state index in [4.69, 9.17) is 4.74 Å². The number of alkyl halides is 3. The summed E-state index contributed by atoms with van der Waals surface area (Å²) in [4.78, 5) is 12.6. The molecule has 11 heteroatoms. The highest BCUT2D eigenvalue weighted by atomic mass is 32.2. The second kappa shape index (κ2) is 10.4. The van der Waals surface area contributed by atoms with E-state index in [1.54, 1.807) is 6.92 Å². The SMILES string of the molecule is CCOc1ccc(NC(=O)c2ccc(OCC(F)(F)F)cc2)cc1S(=O)(=O)N1CCCCC1. The predicted molar refractivity (Wildman–Crippen MR) is 116 cm³/mol. The van der Waals surface area contributed by atoms with Gasteiger partial charge in [0.2, 0.25) is 10.0 Å². The number of rotatable bonds is 8. The fraction of sp³-hybridized carbons (Fsp3) is 0.409. The lowest BCUT2D eigenvalue weighted by atomic mass is 10.2. The van der Waals surface area contributed by atoms with Gasteiger partial charge in [-0.25, -0.2) is 8.42 Å². The van der Waals surface area contributed by atoms with Crippen molar-refractivity contribution >= 4 is 21.6 Å². The fourth-order valence-corrected chi connectivity index (χ4v) is 5.05. The van der Waals surface area contributed by atoms with Gasteiger partial charge >= 0.3 is 6.18 Å². The molecule has 1 N–H and O–H groups in total. The van der Waals surface area contributed by atoms with Gasteiger partial charge < -0.3 is 14.8 Å². The predicted octanol–water partition coefficient (Wildman–Crippen LogP) is 4.45. The van der Waals surface area contributed by atoms with Crippen molar-refractivity contribution in [3.8, 4) is 11.5 Å². The van der Waals surface area contributed by atoms with Crippen LogP contribution in [0.5, 0.6) is 11.5 Å². The van der Waals surface area contributed by atoms with Crippen LogP contribution in [-0.2, 0) is 10.0 Å². The van der Waals surface area contributed by atoms with E-state index in [0.717, 1.165) is 19.3 Å². The molecular formula is C22H25F3N2O5S. The summed E-state index contributed by atoms with van der Waals surface area (Å²) in [5, 5.41) is 2.62. The molecule has 7 nitrogen and oxygen atoms in total. The van der Waals surface area contributed by atoms with Crippen LogP contribution in [0.4, 0.5) is 18.9 Å². The molecule has 0 unspecified atom stereocenters. The average molecular weight is 487 g/mol. The Kier molecular flexibility index (Phi) is 7.85. The molecule has 0 bridgehead atoms. The number of nitrogens with one attached hydrogen (secondary N) is 1. The van der Waals surface area contributed by atoms with Gasteiger partial charge in [-0.1, -0.05) is 6.42 Å². The number of benzene rings is 2. The molecule has 2 aromatic carbocycles. The van der Waals surface area contributed by atoms with Gasteiger partial charge in [-0.15, -0.1) is 0 Å². The second-order valence-corrected chi connectivity index (χ2v) is 9.35. The number of sulfonamides is 1. The summed E-state index contributed by atoms with van der Waals surface area (Å²) >= 11 is 0. The van der Waals surface area contributed by atoms with Gasteiger partial charge in [0, 0.05) is 24.3 Å². The maximum absolute atomic E-state index is 13.2. The first-order valence-electron chi connectivity index (χ1n) is 10.5. The molecule has 1 saturated heterocycles. The van der Waals surface area contributed by atoms with Crippen LogP contribution >= 0.6 is 0 Å². The van der Waals surface area contributed by atoms with Gasteiger partial charge in [-0.3, -0.25) is 4.79 Å². The van der Waals surface area contributed by atoms with E-state index in [9.17, 15) is 26.4 Å². The molecule has 0 aromatic heterocycles. The number of halogens is 3. The van der Waals surface area contributed by atoms with Crippen molar-refractivity contribution in [3.63, 3.8) is 0 Å². The minimum Gasteiger partial charge on any atom is -0.492 e. The van der Waals surface area contributed by atoms with E-state index < -0.39 is 28.7 Å². The van der Waals surface area contributed by atoms with Crippen LogP contribution in [0, 0.1) is 0 Å². The van der Waals surface area contributed by atoms with E-state index in [2.05, 4.69) is 10.1 Å². The van der Waals surface area contributed by atoms with Crippen molar-refractivity contribution < 1.29 is 35.9 Å². The summed E-state index contributed by atoms with van der Waals surface area (Å²) in [7, 11) is -3.81. The number of piperidine rings is 1. The number of amides is 1. The van der Waals surface area contributed by atoms with Crippen LogP contribution in [0.15, 0.2) is 47.4 Å². The Bertz CT molecular complexity index is 1070. The Hall–Kier alpha value is -2.79. The largest absolute Gasteiger partial charge is 0.492 e. The van der Waals surface area contributed by atoms with Crippen LogP contribution in [0.1, 0.15) is 36.5 Å². The van der Waals surface area contributed by atoms with Gasteiger partial charge in [0.1, 0.15) is 16.4 Å². The fourth-order valence-electron chi connectivity index (χ4n) is 3.38. The molecule has 2 aromatic rings. The van der Waals surface area contributed by atoms with Crippen molar-refractivity contribution in [2.75, 3.05) is 31.6 Å². The third-order valence-corrected chi connectivity index (χ3v) is 6.87. The van der Waals surface area contributed by atoms with Crippen LogP contribution in [-0.4, -0.2) is 51.1 Å². The number of ether oxygens (including phenoxy) is 2. The highest BCUT2D eigenvalue weighted by molar-refractivity contribution is 7.89. The molecule has 180 valence electrons. The third-order valence-electron chi connectivity index (χ3n) is 4.95. The van der Waals surface area contributed by atoms with E-state index in [1.807, 2.05) is 0 Å². The lowest BCUT2D eigenvalue weighted by Crippen LogP contribution is -2.35. The standard InChI is InChI=1S/C22H25F3N2O5S/c1-2-31-19-11-8-17(14-20(19)33(29,30)27-12-4-3-5-13-27)26-21(28)16-6-9-18(10-7-16)32-15-22(23,24)25/h6-11,14H,2-5,12-13,15H2,1H3,(H,26,28). The zero-order chi connectivity index (χ0) is 24.1. The first-order chi connectivity index (χ1) is 15.6.